The lowest BCUT2D eigenvalue weighted by molar-refractivity contribution is 0.0220. The number of benzene rings is 1. The average molecular weight is 351 g/mol. The Labute approximate surface area is 150 Å². The van der Waals surface area contributed by atoms with Crippen LogP contribution >= 0.6 is 11.8 Å². The van der Waals surface area contributed by atoms with Gasteiger partial charge in [0.1, 0.15) is 0 Å². The van der Waals surface area contributed by atoms with Gasteiger partial charge >= 0.3 is 0 Å². The number of thioether (sulfide) groups is 1. The number of nitrogens with zero attached hydrogens (tertiary/aromatic N) is 2. The molecule has 0 bridgehead atoms. The van der Waals surface area contributed by atoms with Crippen LogP contribution in [0.4, 0.5) is 0 Å². The van der Waals surface area contributed by atoms with Crippen molar-refractivity contribution < 1.29 is 4.74 Å². The van der Waals surface area contributed by atoms with E-state index in [1.165, 1.54) is 4.90 Å². The normalized spacial score (nSPS) is 17.5. The zero-order chi connectivity index (χ0) is 17.0. The van der Waals surface area contributed by atoms with Crippen molar-refractivity contribution in [3.8, 4) is 0 Å². The lowest BCUT2D eigenvalue weighted by Gasteiger charge is -2.31. The molecule has 0 aliphatic carbocycles. The van der Waals surface area contributed by atoms with E-state index >= 15 is 0 Å². The summed E-state index contributed by atoms with van der Waals surface area (Å²) in [6, 6.07) is 10.9. The van der Waals surface area contributed by atoms with Gasteiger partial charge in [-0.25, -0.2) is 0 Å². The maximum absolute atomic E-state index is 5.41. The van der Waals surface area contributed by atoms with E-state index in [4.69, 9.17) is 9.73 Å². The van der Waals surface area contributed by atoms with E-state index < -0.39 is 0 Å². The highest BCUT2D eigenvalue weighted by Gasteiger charge is 2.16. The van der Waals surface area contributed by atoms with Crippen molar-refractivity contribution in [2.45, 2.75) is 24.8 Å². The van der Waals surface area contributed by atoms with Crippen LogP contribution < -0.4 is 10.6 Å². The van der Waals surface area contributed by atoms with E-state index in [9.17, 15) is 0 Å². The van der Waals surface area contributed by atoms with Gasteiger partial charge in [-0.3, -0.25) is 9.89 Å². The minimum atomic E-state index is 0.447. The van der Waals surface area contributed by atoms with Crippen molar-refractivity contribution in [1.82, 2.24) is 15.5 Å². The van der Waals surface area contributed by atoms with Crippen LogP contribution in [-0.4, -0.2) is 68.6 Å². The second-order valence-electron chi connectivity index (χ2n) is 5.81. The maximum Gasteiger partial charge on any atom is 0.191 e. The Morgan fingerprint density at radius 1 is 1.25 bits per heavy atom. The molecule has 1 aromatic carbocycles. The van der Waals surface area contributed by atoms with Gasteiger partial charge in [0, 0.05) is 42.9 Å². The third-order valence-corrected chi connectivity index (χ3v) is 4.95. The zero-order valence-corrected chi connectivity index (χ0v) is 15.6. The van der Waals surface area contributed by atoms with Crippen LogP contribution in [0.2, 0.25) is 0 Å². The van der Waals surface area contributed by atoms with Gasteiger partial charge in [0.2, 0.25) is 0 Å². The van der Waals surface area contributed by atoms with Gasteiger partial charge < -0.3 is 15.4 Å². The molecule has 5 nitrogen and oxygen atoms in total. The van der Waals surface area contributed by atoms with Crippen LogP contribution in [0.3, 0.4) is 0 Å². The third kappa shape index (κ3) is 7.11. The van der Waals surface area contributed by atoms with Gasteiger partial charge in [-0.05, 0) is 26.0 Å². The van der Waals surface area contributed by atoms with Gasteiger partial charge in [0.15, 0.2) is 5.96 Å². The molecule has 24 heavy (non-hydrogen) atoms. The molecule has 0 aromatic heterocycles. The minimum absolute atomic E-state index is 0.447. The maximum atomic E-state index is 5.41. The molecule has 1 aliphatic rings. The average Bonchev–Trinajstić information content (AvgIpc) is 2.64. The predicted octanol–water partition coefficient (Wildman–Crippen LogP) is 2.05. The summed E-state index contributed by atoms with van der Waals surface area (Å²) in [4.78, 5) is 8.49. The van der Waals surface area contributed by atoms with Gasteiger partial charge in [0.05, 0.1) is 19.8 Å². The van der Waals surface area contributed by atoms with Gasteiger partial charge in [0.25, 0.3) is 0 Å². The molecule has 2 N–H and O–H groups in total. The van der Waals surface area contributed by atoms with E-state index in [1.54, 1.807) is 0 Å². The minimum Gasteiger partial charge on any atom is -0.379 e. The Morgan fingerprint density at radius 2 is 2.00 bits per heavy atom. The fourth-order valence-corrected chi connectivity index (χ4v) is 3.34. The van der Waals surface area contributed by atoms with E-state index in [0.717, 1.165) is 57.6 Å². The fourth-order valence-electron chi connectivity index (χ4n) is 2.55. The summed E-state index contributed by atoms with van der Waals surface area (Å²) < 4.78 is 5.41. The molecular formula is C18H30N4OS. The number of aliphatic imine (C=N–C) groups is 1. The van der Waals surface area contributed by atoms with Crippen molar-refractivity contribution in [2.24, 2.45) is 4.99 Å². The number of morpholine rings is 1. The van der Waals surface area contributed by atoms with Crippen molar-refractivity contribution in [3.63, 3.8) is 0 Å². The summed E-state index contributed by atoms with van der Waals surface area (Å²) in [5, 5.41) is 6.75. The molecule has 0 radical (unpaired) electrons. The van der Waals surface area contributed by atoms with Crippen LogP contribution in [0.5, 0.6) is 0 Å². The highest BCUT2D eigenvalue weighted by Crippen LogP contribution is 2.15. The van der Waals surface area contributed by atoms with Crippen molar-refractivity contribution in [1.29, 1.82) is 0 Å². The SMILES string of the molecule is CCNC(=NCC(C)N1CCOCC1)NCCSc1ccccc1. The van der Waals surface area contributed by atoms with Crippen molar-refractivity contribution in [2.75, 3.05) is 51.7 Å². The summed E-state index contributed by atoms with van der Waals surface area (Å²) in [5.41, 5.74) is 0. The Kier molecular flexibility index (Phi) is 9.02. The largest absolute Gasteiger partial charge is 0.379 e. The van der Waals surface area contributed by atoms with Crippen molar-refractivity contribution in [3.05, 3.63) is 30.3 Å². The predicted molar refractivity (Wildman–Crippen MR) is 103 cm³/mol. The molecular weight excluding hydrogens is 320 g/mol. The Balaban J connectivity index is 1.71. The standard InChI is InChI=1S/C18H30N4OS/c1-3-19-18(20-9-14-24-17-7-5-4-6-8-17)21-15-16(2)22-10-12-23-13-11-22/h4-8,16H,3,9-15H2,1-2H3,(H2,19,20,21). The second kappa shape index (κ2) is 11.3. The molecule has 1 aromatic rings. The summed E-state index contributed by atoms with van der Waals surface area (Å²) in [5.74, 6) is 1.93. The molecule has 1 aliphatic heterocycles. The van der Waals surface area contributed by atoms with Gasteiger partial charge in [-0.2, -0.15) is 0 Å². The van der Waals surface area contributed by atoms with E-state index in [2.05, 4.69) is 53.6 Å². The first-order valence-electron chi connectivity index (χ1n) is 8.81. The molecule has 1 heterocycles. The van der Waals surface area contributed by atoms with Crippen LogP contribution in [0.1, 0.15) is 13.8 Å². The Morgan fingerprint density at radius 3 is 2.71 bits per heavy atom. The van der Waals surface area contributed by atoms with Crippen molar-refractivity contribution >= 4 is 17.7 Å². The molecule has 134 valence electrons. The van der Waals surface area contributed by atoms with Gasteiger partial charge in [-0.1, -0.05) is 18.2 Å². The zero-order valence-electron chi connectivity index (χ0n) is 14.8. The molecule has 6 heteroatoms. The van der Waals surface area contributed by atoms with E-state index in [0.29, 0.717) is 6.04 Å². The number of guanidine groups is 1. The smallest absolute Gasteiger partial charge is 0.191 e. The Hall–Kier alpha value is -1.24. The molecule has 0 spiro atoms. The summed E-state index contributed by atoms with van der Waals surface area (Å²) in [7, 11) is 0. The fraction of sp³-hybridized carbons (Fsp3) is 0.611. The first-order valence-corrected chi connectivity index (χ1v) is 9.80. The van der Waals surface area contributed by atoms with E-state index in [-0.39, 0.29) is 0 Å². The number of ether oxygens (including phenoxy) is 1. The van der Waals surface area contributed by atoms with Crippen LogP contribution in [-0.2, 0) is 4.74 Å². The summed E-state index contributed by atoms with van der Waals surface area (Å²) in [6.07, 6.45) is 0. The topological polar surface area (TPSA) is 48.9 Å². The molecule has 0 saturated carbocycles. The number of nitrogens with one attached hydrogen (secondary N) is 2. The lowest BCUT2D eigenvalue weighted by Crippen LogP contribution is -2.44. The quantitative estimate of drug-likeness (QED) is 0.325. The number of rotatable bonds is 8. The lowest BCUT2D eigenvalue weighted by atomic mass is 10.2. The molecule has 1 atom stereocenters. The number of hydrogen-bond donors (Lipinski definition) is 2. The summed E-state index contributed by atoms with van der Waals surface area (Å²) >= 11 is 1.86. The van der Waals surface area contributed by atoms with Crippen LogP contribution in [0.15, 0.2) is 40.2 Å². The highest BCUT2D eigenvalue weighted by molar-refractivity contribution is 7.99. The number of hydrogen-bond acceptors (Lipinski definition) is 4. The van der Waals surface area contributed by atoms with E-state index in [1.807, 2.05) is 17.8 Å². The second-order valence-corrected chi connectivity index (χ2v) is 6.97. The first-order chi connectivity index (χ1) is 11.8. The monoisotopic (exact) mass is 350 g/mol. The molecule has 1 fully saturated rings. The summed E-state index contributed by atoms with van der Waals surface area (Å²) in [6.45, 7) is 10.6. The first kappa shape index (κ1) is 19.1. The Bertz CT molecular complexity index is 477. The third-order valence-electron chi connectivity index (χ3n) is 3.93. The van der Waals surface area contributed by atoms with Gasteiger partial charge in [-0.15, -0.1) is 11.8 Å². The molecule has 0 amide bonds. The van der Waals surface area contributed by atoms with Crippen LogP contribution in [0, 0.1) is 0 Å². The highest BCUT2D eigenvalue weighted by atomic mass is 32.2. The molecule has 2 rings (SSSR count). The molecule has 1 unspecified atom stereocenters. The molecule has 1 saturated heterocycles. The van der Waals surface area contributed by atoms with Crippen LogP contribution in [0.25, 0.3) is 0 Å².